The zero-order valence-electron chi connectivity index (χ0n) is 20.3. The average Bonchev–Trinajstić information content (AvgIpc) is 3.50. The van der Waals surface area contributed by atoms with Crippen LogP contribution >= 0.6 is 7.52 Å². The number of carbonyl (C=O) groups is 1. The van der Waals surface area contributed by atoms with Gasteiger partial charge in [0.25, 0.3) is 0 Å². The maximum absolute atomic E-state index is 14.1. The SMILES string of the molecule is CC(C)OCP(=O)(NC(C)(C(=O)O)C(C)C)Oc1c(C(C)C)cccc1[C@H](C)C1CC1. The van der Waals surface area contributed by atoms with E-state index in [-0.39, 0.29) is 30.2 Å². The fraction of sp³-hybridized carbons (Fsp3) is 0.708. The summed E-state index contributed by atoms with van der Waals surface area (Å²) in [6, 6.07) is 6.06. The Balaban J connectivity index is 2.53. The highest BCUT2D eigenvalue weighted by molar-refractivity contribution is 7.57. The van der Waals surface area contributed by atoms with Crippen LogP contribution in [0.1, 0.15) is 91.2 Å². The number of rotatable bonds is 12. The van der Waals surface area contributed by atoms with Gasteiger partial charge in [0.1, 0.15) is 17.6 Å². The van der Waals surface area contributed by atoms with Crippen LogP contribution in [-0.2, 0) is 14.1 Å². The lowest BCUT2D eigenvalue weighted by molar-refractivity contribution is -0.145. The summed E-state index contributed by atoms with van der Waals surface area (Å²) < 4.78 is 26.2. The Morgan fingerprint density at radius 1 is 1.16 bits per heavy atom. The first-order chi connectivity index (χ1) is 14.3. The fourth-order valence-corrected chi connectivity index (χ4v) is 5.82. The molecule has 2 unspecified atom stereocenters. The minimum atomic E-state index is -3.72. The van der Waals surface area contributed by atoms with Crippen LogP contribution in [0.4, 0.5) is 0 Å². The van der Waals surface area contributed by atoms with Crippen LogP contribution in [0, 0.1) is 11.8 Å². The van der Waals surface area contributed by atoms with Crippen LogP contribution in [0.3, 0.4) is 0 Å². The van der Waals surface area contributed by atoms with Crippen molar-refractivity contribution in [3.63, 3.8) is 0 Å². The zero-order chi connectivity index (χ0) is 23.6. The summed E-state index contributed by atoms with van der Waals surface area (Å²) >= 11 is 0. The number of carboxylic acid groups (broad SMARTS) is 1. The first-order valence-corrected chi connectivity index (χ1v) is 13.2. The molecule has 2 N–H and O–H groups in total. The van der Waals surface area contributed by atoms with Gasteiger partial charge in [-0.3, -0.25) is 9.36 Å². The summed E-state index contributed by atoms with van der Waals surface area (Å²) in [5.41, 5.74) is 0.574. The van der Waals surface area contributed by atoms with Crippen molar-refractivity contribution in [3.05, 3.63) is 29.3 Å². The zero-order valence-corrected chi connectivity index (χ0v) is 21.2. The van der Waals surface area contributed by atoms with Gasteiger partial charge in [0, 0.05) is 0 Å². The van der Waals surface area contributed by atoms with Crippen LogP contribution in [0.2, 0.25) is 0 Å². The summed E-state index contributed by atoms with van der Waals surface area (Å²) in [4.78, 5) is 12.1. The van der Waals surface area contributed by atoms with Gasteiger partial charge in [-0.05, 0) is 68.4 Å². The molecule has 0 bridgehead atoms. The van der Waals surface area contributed by atoms with Crippen LogP contribution in [0.25, 0.3) is 0 Å². The first kappa shape index (κ1) is 25.9. The number of nitrogens with one attached hydrogen (secondary N) is 1. The lowest BCUT2D eigenvalue weighted by Gasteiger charge is -2.35. The predicted octanol–water partition coefficient (Wildman–Crippen LogP) is 6.37. The van der Waals surface area contributed by atoms with Gasteiger partial charge in [-0.1, -0.05) is 52.8 Å². The van der Waals surface area contributed by atoms with Crippen LogP contribution < -0.4 is 9.61 Å². The average molecular weight is 454 g/mol. The molecule has 1 saturated carbocycles. The van der Waals surface area contributed by atoms with Crippen molar-refractivity contribution in [1.29, 1.82) is 0 Å². The van der Waals surface area contributed by atoms with E-state index in [1.54, 1.807) is 20.8 Å². The molecule has 1 aliphatic carbocycles. The Morgan fingerprint density at radius 2 is 1.74 bits per heavy atom. The molecule has 6 nitrogen and oxygen atoms in total. The molecule has 0 heterocycles. The van der Waals surface area contributed by atoms with Gasteiger partial charge in [0.05, 0.1) is 6.10 Å². The van der Waals surface area contributed by atoms with Crippen molar-refractivity contribution in [1.82, 2.24) is 5.09 Å². The largest absolute Gasteiger partial charge is 0.480 e. The molecule has 0 aliphatic heterocycles. The molecule has 1 aromatic carbocycles. The Labute approximate surface area is 187 Å². The van der Waals surface area contributed by atoms with Gasteiger partial charge in [-0.15, -0.1) is 0 Å². The van der Waals surface area contributed by atoms with E-state index in [9.17, 15) is 14.5 Å². The van der Waals surface area contributed by atoms with E-state index >= 15 is 0 Å². The Morgan fingerprint density at radius 3 is 2.19 bits per heavy atom. The van der Waals surface area contributed by atoms with E-state index in [0.717, 1.165) is 11.1 Å². The van der Waals surface area contributed by atoms with Crippen molar-refractivity contribution in [3.8, 4) is 5.75 Å². The summed E-state index contributed by atoms with van der Waals surface area (Å²) in [5.74, 6) is 0.271. The van der Waals surface area contributed by atoms with Gasteiger partial charge >= 0.3 is 13.5 Å². The molecule has 1 aliphatic rings. The van der Waals surface area contributed by atoms with E-state index in [1.807, 2.05) is 32.0 Å². The van der Waals surface area contributed by atoms with Crippen molar-refractivity contribution >= 4 is 13.5 Å². The van der Waals surface area contributed by atoms with E-state index in [1.165, 1.54) is 12.8 Å². The third-order valence-corrected chi connectivity index (χ3v) is 8.11. The van der Waals surface area contributed by atoms with Crippen molar-refractivity contribution in [2.75, 3.05) is 6.35 Å². The molecule has 3 atom stereocenters. The predicted molar refractivity (Wildman–Crippen MR) is 125 cm³/mol. The van der Waals surface area contributed by atoms with E-state index in [2.05, 4.69) is 25.9 Å². The maximum Gasteiger partial charge on any atom is 0.342 e. The van der Waals surface area contributed by atoms with Crippen LogP contribution in [0.15, 0.2) is 18.2 Å². The Hall–Kier alpha value is -1.36. The van der Waals surface area contributed by atoms with E-state index in [0.29, 0.717) is 11.7 Å². The molecule has 176 valence electrons. The second-order valence-corrected chi connectivity index (χ2v) is 11.9. The molecule has 31 heavy (non-hydrogen) atoms. The quantitative estimate of drug-likeness (QED) is 0.358. The van der Waals surface area contributed by atoms with Crippen molar-refractivity contribution in [2.24, 2.45) is 11.8 Å². The molecular formula is C24H40NO5P. The smallest absolute Gasteiger partial charge is 0.342 e. The highest BCUT2D eigenvalue weighted by atomic mass is 31.2. The van der Waals surface area contributed by atoms with Crippen molar-refractivity contribution < 1.29 is 23.7 Å². The minimum Gasteiger partial charge on any atom is -0.480 e. The molecule has 0 radical (unpaired) electrons. The summed E-state index contributed by atoms with van der Waals surface area (Å²) in [6.45, 7) is 15.2. The molecule has 1 fully saturated rings. The fourth-order valence-electron chi connectivity index (χ4n) is 3.60. The molecule has 2 rings (SSSR count). The number of para-hydroxylation sites is 1. The number of ether oxygens (including phenoxy) is 1. The van der Waals surface area contributed by atoms with E-state index in [4.69, 9.17) is 9.26 Å². The monoisotopic (exact) mass is 453 g/mol. The van der Waals surface area contributed by atoms with Gasteiger partial charge in [-0.25, -0.2) is 5.09 Å². The van der Waals surface area contributed by atoms with Crippen LogP contribution in [-0.4, -0.2) is 29.1 Å². The van der Waals surface area contributed by atoms with Gasteiger partial charge in [0.2, 0.25) is 0 Å². The lowest BCUT2D eigenvalue weighted by Crippen LogP contribution is -2.53. The minimum absolute atomic E-state index is 0.164. The summed E-state index contributed by atoms with van der Waals surface area (Å²) in [5, 5.41) is 12.8. The maximum atomic E-state index is 14.1. The summed E-state index contributed by atoms with van der Waals surface area (Å²) in [7, 11) is -3.72. The summed E-state index contributed by atoms with van der Waals surface area (Å²) in [6.07, 6.45) is 2.00. The van der Waals surface area contributed by atoms with Gasteiger partial charge < -0.3 is 14.4 Å². The number of aliphatic carboxylic acids is 1. The molecule has 1 aromatic rings. The molecule has 0 spiro atoms. The standard InChI is InChI=1S/C24H40NO5P/c1-15(2)20-10-9-11-21(18(7)19-12-13-19)22(20)30-31(28,14-29-17(5)6)25-24(8,16(3)4)23(26)27/h9-11,15-19H,12-14H2,1-8H3,(H,25,28)(H,26,27)/t18-,24?,31?/m1/s1. The lowest BCUT2D eigenvalue weighted by atomic mass is 9.90. The second kappa shape index (κ2) is 10.1. The molecule has 7 heteroatoms. The topological polar surface area (TPSA) is 84.9 Å². The number of carboxylic acids is 1. The van der Waals surface area contributed by atoms with Gasteiger partial charge in [0.15, 0.2) is 0 Å². The Bertz CT molecular complexity index is 818. The molecular weight excluding hydrogens is 413 g/mol. The third-order valence-electron chi connectivity index (χ3n) is 6.34. The van der Waals surface area contributed by atoms with E-state index < -0.39 is 19.0 Å². The highest BCUT2D eigenvalue weighted by Gasteiger charge is 2.45. The Kier molecular flexibility index (Phi) is 8.40. The number of benzene rings is 1. The second-order valence-electron chi connectivity index (χ2n) is 9.93. The number of hydrogen-bond donors (Lipinski definition) is 2. The van der Waals surface area contributed by atoms with Gasteiger partial charge in [-0.2, -0.15) is 0 Å². The number of hydrogen-bond acceptors (Lipinski definition) is 4. The van der Waals surface area contributed by atoms with Crippen LogP contribution in [0.5, 0.6) is 5.75 Å². The van der Waals surface area contributed by atoms with Crippen molar-refractivity contribution in [2.45, 2.75) is 91.7 Å². The molecule has 0 saturated heterocycles. The third kappa shape index (κ3) is 6.34. The first-order valence-electron chi connectivity index (χ1n) is 11.4. The highest BCUT2D eigenvalue weighted by Crippen LogP contribution is 2.52. The molecule has 0 aromatic heterocycles. The normalized spacial score (nSPS) is 19.3. The molecule has 0 amide bonds.